The maximum absolute atomic E-state index is 13.1. The lowest BCUT2D eigenvalue weighted by molar-refractivity contribution is -0.131. The average Bonchev–Trinajstić information content (AvgIpc) is 3.35. The smallest absolute Gasteiger partial charge is 0.244 e. The minimum Gasteiger partial charge on any atom is -0.439 e. The van der Waals surface area contributed by atoms with Gasteiger partial charge in [0.2, 0.25) is 11.8 Å². The fourth-order valence-electron chi connectivity index (χ4n) is 3.25. The van der Waals surface area contributed by atoms with Crippen molar-refractivity contribution in [2.75, 3.05) is 13.1 Å². The molecule has 7 nitrogen and oxygen atoms in total. The quantitative estimate of drug-likeness (QED) is 0.679. The summed E-state index contributed by atoms with van der Waals surface area (Å²) in [6.07, 6.45) is 4.22. The van der Waals surface area contributed by atoms with Crippen LogP contribution in [0.25, 0.3) is 0 Å². The zero-order chi connectivity index (χ0) is 19.5. The number of amides is 1. The number of hydrogen-bond donors (Lipinski definition) is 0. The fraction of sp³-hybridized carbons (Fsp3) is 0.300. The average molecular weight is 381 g/mol. The number of likely N-dealkylation sites (tertiary alicyclic amines) is 1. The van der Waals surface area contributed by atoms with Gasteiger partial charge in [-0.15, -0.1) is 0 Å². The number of halogens is 1. The van der Waals surface area contributed by atoms with Gasteiger partial charge in [0.15, 0.2) is 0 Å². The molecule has 1 amide bonds. The van der Waals surface area contributed by atoms with Gasteiger partial charge in [0, 0.05) is 43.2 Å². The molecule has 3 aromatic rings. The molecule has 1 aliphatic rings. The summed E-state index contributed by atoms with van der Waals surface area (Å²) in [5.74, 6) is 1.34. The Bertz CT molecular complexity index is 959. The Hall–Kier alpha value is -3.29. The van der Waals surface area contributed by atoms with E-state index in [0.717, 1.165) is 12.1 Å². The van der Waals surface area contributed by atoms with E-state index in [1.54, 1.807) is 41.3 Å². The highest BCUT2D eigenvalue weighted by molar-refractivity contribution is 5.76. The van der Waals surface area contributed by atoms with Crippen LogP contribution in [0, 0.1) is 12.7 Å². The number of nitrogens with zero attached hydrogens (tertiary/aromatic N) is 5. The second-order valence-electron chi connectivity index (χ2n) is 6.79. The normalized spacial score (nSPS) is 16.4. The van der Waals surface area contributed by atoms with E-state index in [1.165, 1.54) is 12.1 Å². The summed E-state index contributed by atoms with van der Waals surface area (Å²) in [5, 5.41) is 4.08. The van der Waals surface area contributed by atoms with Crippen molar-refractivity contribution in [3.8, 4) is 11.6 Å². The first-order chi connectivity index (χ1) is 13.6. The summed E-state index contributed by atoms with van der Waals surface area (Å²) >= 11 is 0. The first-order valence-electron chi connectivity index (χ1n) is 9.11. The lowest BCUT2D eigenvalue weighted by atomic mass is 10.1. The third-order valence-corrected chi connectivity index (χ3v) is 4.65. The molecule has 0 bridgehead atoms. The van der Waals surface area contributed by atoms with Crippen LogP contribution in [0.15, 0.2) is 48.8 Å². The number of aryl methyl sites for hydroxylation is 1. The van der Waals surface area contributed by atoms with Gasteiger partial charge in [-0.2, -0.15) is 10.1 Å². The summed E-state index contributed by atoms with van der Waals surface area (Å²) in [6, 6.07) is 9.32. The molecule has 0 unspecified atom stereocenters. The van der Waals surface area contributed by atoms with E-state index in [4.69, 9.17) is 4.74 Å². The SMILES string of the molecule is Cc1cc(Oc2ccc(F)cc2)nc([C@H]2CCN(C(=O)Cn3cccn3)C2)n1. The molecule has 1 atom stereocenters. The first kappa shape index (κ1) is 18.1. The number of aromatic nitrogens is 4. The summed E-state index contributed by atoms with van der Waals surface area (Å²) in [5.41, 5.74) is 0.781. The molecule has 0 spiro atoms. The molecule has 1 saturated heterocycles. The largest absolute Gasteiger partial charge is 0.439 e. The number of carbonyl (C=O) groups excluding carboxylic acids is 1. The molecular weight excluding hydrogens is 361 g/mol. The summed E-state index contributed by atoms with van der Waals surface area (Å²) in [4.78, 5) is 23.3. The van der Waals surface area contributed by atoms with Gasteiger partial charge in [-0.05, 0) is 43.7 Å². The Kier molecular flexibility index (Phi) is 5.01. The van der Waals surface area contributed by atoms with Crippen molar-refractivity contribution in [3.63, 3.8) is 0 Å². The first-order valence-corrected chi connectivity index (χ1v) is 9.11. The van der Waals surface area contributed by atoms with Crippen LogP contribution in [0.4, 0.5) is 4.39 Å². The van der Waals surface area contributed by atoms with Crippen LogP contribution in [0.3, 0.4) is 0 Å². The summed E-state index contributed by atoms with van der Waals surface area (Å²) in [6.45, 7) is 3.33. The Morgan fingerprint density at radius 2 is 2.11 bits per heavy atom. The molecule has 4 rings (SSSR count). The molecule has 0 saturated carbocycles. The highest BCUT2D eigenvalue weighted by atomic mass is 19.1. The molecule has 144 valence electrons. The van der Waals surface area contributed by atoms with Crippen LogP contribution in [0.1, 0.15) is 23.9 Å². The number of ether oxygens (including phenoxy) is 1. The van der Waals surface area contributed by atoms with Crippen molar-refractivity contribution in [2.24, 2.45) is 0 Å². The van der Waals surface area contributed by atoms with E-state index >= 15 is 0 Å². The van der Waals surface area contributed by atoms with E-state index in [-0.39, 0.29) is 24.2 Å². The van der Waals surface area contributed by atoms with Gasteiger partial charge < -0.3 is 9.64 Å². The standard InChI is InChI=1S/C20H20FN5O2/c1-14-11-18(28-17-5-3-16(21)4-6-17)24-20(23-14)15-7-10-25(12-15)19(27)13-26-9-2-8-22-26/h2-6,8-9,11,15H,7,10,12-13H2,1H3/t15-/m0/s1. The van der Waals surface area contributed by atoms with Gasteiger partial charge in [0.05, 0.1) is 0 Å². The number of hydrogen-bond acceptors (Lipinski definition) is 5. The van der Waals surface area contributed by atoms with Crippen LogP contribution in [-0.2, 0) is 11.3 Å². The Balaban J connectivity index is 1.44. The van der Waals surface area contributed by atoms with Gasteiger partial charge in [-0.3, -0.25) is 9.48 Å². The molecule has 1 aliphatic heterocycles. The molecule has 1 aromatic carbocycles. The van der Waals surface area contributed by atoms with Crippen LogP contribution < -0.4 is 4.74 Å². The van der Waals surface area contributed by atoms with E-state index in [9.17, 15) is 9.18 Å². The predicted octanol–water partition coefficient (Wildman–Crippen LogP) is 2.93. The second kappa shape index (κ2) is 7.75. The van der Waals surface area contributed by atoms with Crippen molar-refractivity contribution in [1.82, 2.24) is 24.6 Å². The van der Waals surface area contributed by atoms with E-state index in [0.29, 0.717) is 30.5 Å². The Morgan fingerprint density at radius 1 is 1.29 bits per heavy atom. The van der Waals surface area contributed by atoms with Crippen molar-refractivity contribution in [3.05, 3.63) is 66.1 Å². The molecule has 2 aromatic heterocycles. The van der Waals surface area contributed by atoms with Gasteiger partial charge in [0.25, 0.3) is 0 Å². The predicted molar refractivity (Wildman–Crippen MR) is 99.4 cm³/mol. The molecule has 0 aliphatic carbocycles. The summed E-state index contributed by atoms with van der Waals surface area (Å²) < 4.78 is 20.4. The molecular formula is C20H20FN5O2. The van der Waals surface area contributed by atoms with Crippen LogP contribution >= 0.6 is 0 Å². The zero-order valence-electron chi connectivity index (χ0n) is 15.5. The van der Waals surface area contributed by atoms with Gasteiger partial charge >= 0.3 is 0 Å². The number of rotatable bonds is 5. The molecule has 8 heteroatoms. The van der Waals surface area contributed by atoms with Crippen LogP contribution in [0.2, 0.25) is 0 Å². The third-order valence-electron chi connectivity index (χ3n) is 4.65. The second-order valence-corrected chi connectivity index (χ2v) is 6.79. The topological polar surface area (TPSA) is 73.1 Å². The maximum atomic E-state index is 13.1. The van der Waals surface area contributed by atoms with E-state index < -0.39 is 0 Å². The van der Waals surface area contributed by atoms with E-state index in [2.05, 4.69) is 15.1 Å². The van der Waals surface area contributed by atoms with Crippen molar-refractivity contribution >= 4 is 5.91 Å². The van der Waals surface area contributed by atoms with Gasteiger partial charge in [-0.25, -0.2) is 9.37 Å². The van der Waals surface area contributed by atoms with Gasteiger partial charge in [0.1, 0.15) is 23.9 Å². The summed E-state index contributed by atoms with van der Waals surface area (Å²) in [7, 11) is 0. The van der Waals surface area contributed by atoms with E-state index in [1.807, 2.05) is 11.8 Å². The molecule has 3 heterocycles. The van der Waals surface area contributed by atoms with Crippen molar-refractivity contribution < 1.29 is 13.9 Å². The van der Waals surface area contributed by atoms with Crippen LogP contribution in [0.5, 0.6) is 11.6 Å². The molecule has 0 radical (unpaired) electrons. The lowest BCUT2D eigenvalue weighted by Gasteiger charge is -2.16. The number of benzene rings is 1. The Morgan fingerprint density at radius 3 is 2.86 bits per heavy atom. The maximum Gasteiger partial charge on any atom is 0.244 e. The van der Waals surface area contributed by atoms with Crippen LogP contribution in [-0.4, -0.2) is 43.6 Å². The highest BCUT2D eigenvalue weighted by Crippen LogP contribution is 2.28. The third kappa shape index (κ3) is 4.16. The Labute approximate surface area is 161 Å². The zero-order valence-corrected chi connectivity index (χ0v) is 15.5. The van der Waals surface area contributed by atoms with Gasteiger partial charge in [-0.1, -0.05) is 0 Å². The lowest BCUT2D eigenvalue weighted by Crippen LogP contribution is -2.32. The molecule has 1 fully saturated rings. The van der Waals surface area contributed by atoms with Crippen molar-refractivity contribution in [2.45, 2.75) is 25.8 Å². The highest BCUT2D eigenvalue weighted by Gasteiger charge is 2.29. The minimum atomic E-state index is -0.322. The van der Waals surface area contributed by atoms with Crippen molar-refractivity contribution in [1.29, 1.82) is 0 Å². The fourth-order valence-corrected chi connectivity index (χ4v) is 3.25. The molecule has 28 heavy (non-hydrogen) atoms. The monoisotopic (exact) mass is 381 g/mol. The minimum absolute atomic E-state index is 0.0293. The number of carbonyl (C=O) groups is 1. The molecule has 0 N–H and O–H groups in total.